The summed E-state index contributed by atoms with van der Waals surface area (Å²) in [6, 6.07) is 12.8. The van der Waals surface area contributed by atoms with Gasteiger partial charge < -0.3 is 26.2 Å². The summed E-state index contributed by atoms with van der Waals surface area (Å²) in [5, 5.41) is 39.2. The Morgan fingerprint density at radius 2 is 1.66 bits per heavy atom. The zero-order valence-electron chi connectivity index (χ0n) is 17.9. The maximum absolute atomic E-state index is 12.1. The monoisotopic (exact) mass is 445 g/mol. The number of nitrogens with two attached hydrogens (primary N) is 1. The van der Waals surface area contributed by atoms with Gasteiger partial charge >= 0.3 is 13.1 Å². The first-order valence-electron chi connectivity index (χ1n) is 9.95. The zero-order valence-corrected chi connectivity index (χ0v) is 17.9. The second-order valence-corrected chi connectivity index (χ2v) is 7.57. The molecular formula is C21H28BN3O7. The van der Waals surface area contributed by atoms with Gasteiger partial charge in [-0.1, -0.05) is 44.2 Å². The average Bonchev–Trinajstić information content (AvgIpc) is 2.73. The number of carboxylic acid groups (broad SMARTS) is 1. The van der Waals surface area contributed by atoms with Crippen LogP contribution in [0.25, 0.3) is 0 Å². The van der Waals surface area contributed by atoms with Crippen LogP contribution in [0, 0.1) is 16.0 Å². The normalized spacial score (nSPS) is 12.2. The Labute approximate surface area is 186 Å². The SMILES string of the molecule is CC(C)C[C@H](N)B(O)O.O=C(N[C@@H](Cc1ccccc1)C(=O)O)c1ccc([N+](=O)[O-])cc1. The minimum atomic E-state index is -1.37. The molecule has 0 heterocycles. The summed E-state index contributed by atoms with van der Waals surface area (Å²) < 4.78 is 0. The van der Waals surface area contributed by atoms with Crippen LogP contribution in [0.1, 0.15) is 36.2 Å². The van der Waals surface area contributed by atoms with Gasteiger partial charge in [-0.25, -0.2) is 4.79 Å². The fourth-order valence-electron chi connectivity index (χ4n) is 2.69. The van der Waals surface area contributed by atoms with Crippen molar-refractivity contribution < 1.29 is 29.7 Å². The molecule has 0 radical (unpaired) electrons. The largest absolute Gasteiger partial charge is 0.480 e. The molecule has 11 heteroatoms. The molecule has 2 aromatic rings. The van der Waals surface area contributed by atoms with Crippen LogP contribution in [0.2, 0.25) is 0 Å². The van der Waals surface area contributed by atoms with E-state index in [1.807, 2.05) is 19.9 Å². The molecule has 0 saturated carbocycles. The number of nitro groups is 1. The van der Waals surface area contributed by atoms with Gasteiger partial charge in [0.05, 0.1) is 4.92 Å². The Morgan fingerprint density at radius 1 is 1.09 bits per heavy atom. The minimum absolute atomic E-state index is 0.138. The second kappa shape index (κ2) is 13.2. The van der Waals surface area contributed by atoms with Crippen molar-refractivity contribution in [1.29, 1.82) is 0 Å². The van der Waals surface area contributed by atoms with Crippen molar-refractivity contribution in [3.05, 3.63) is 75.8 Å². The fourth-order valence-corrected chi connectivity index (χ4v) is 2.69. The summed E-state index contributed by atoms with van der Waals surface area (Å²) in [7, 11) is -1.37. The van der Waals surface area contributed by atoms with Crippen molar-refractivity contribution in [3.8, 4) is 0 Å². The molecule has 172 valence electrons. The third-order valence-corrected chi connectivity index (χ3v) is 4.35. The van der Waals surface area contributed by atoms with Gasteiger partial charge in [0, 0.05) is 30.1 Å². The van der Waals surface area contributed by atoms with Gasteiger partial charge in [0.15, 0.2) is 0 Å². The van der Waals surface area contributed by atoms with E-state index in [-0.39, 0.29) is 17.7 Å². The van der Waals surface area contributed by atoms with Gasteiger partial charge in [-0.05, 0) is 30.0 Å². The topological polar surface area (TPSA) is 176 Å². The maximum atomic E-state index is 12.1. The smallest absolute Gasteiger partial charge is 0.469 e. The van der Waals surface area contributed by atoms with Crippen molar-refractivity contribution in [3.63, 3.8) is 0 Å². The van der Waals surface area contributed by atoms with E-state index in [1.165, 1.54) is 24.3 Å². The van der Waals surface area contributed by atoms with Gasteiger partial charge in [0.2, 0.25) is 0 Å². The number of benzene rings is 2. The van der Waals surface area contributed by atoms with Gasteiger partial charge in [0.25, 0.3) is 11.6 Å². The zero-order chi connectivity index (χ0) is 24.3. The predicted octanol–water partition coefficient (Wildman–Crippen LogP) is 1.39. The van der Waals surface area contributed by atoms with E-state index in [0.29, 0.717) is 12.3 Å². The molecule has 0 unspecified atom stereocenters. The molecule has 2 atom stereocenters. The molecule has 1 amide bonds. The quantitative estimate of drug-likeness (QED) is 0.218. The average molecular weight is 445 g/mol. The Kier molecular flexibility index (Phi) is 11.0. The number of rotatable bonds is 9. The van der Waals surface area contributed by atoms with E-state index in [2.05, 4.69) is 5.32 Å². The van der Waals surface area contributed by atoms with Crippen LogP contribution in [0.3, 0.4) is 0 Å². The van der Waals surface area contributed by atoms with E-state index >= 15 is 0 Å². The van der Waals surface area contributed by atoms with Crippen molar-refractivity contribution in [1.82, 2.24) is 5.32 Å². The molecule has 0 aliphatic carbocycles. The van der Waals surface area contributed by atoms with Crippen LogP contribution in [0.4, 0.5) is 5.69 Å². The molecule has 32 heavy (non-hydrogen) atoms. The van der Waals surface area contributed by atoms with Gasteiger partial charge in [0.1, 0.15) is 6.04 Å². The first-order valence-corrected chi connectivity index (χ1v) is 9.95. The number of carbonyl (C=O) groups excluding carboxylic acids is 1. The molecule has 2 rings (SSSR count). The molecule has 0 aromatic heterocycles. The van der Waals surface area contributed by atoms with Gasteiger partial charge in [-0.2, -0.15) is 0 Å². The first-order chi connectivity index (χ1) is 15.0. The molecule has 2 aromatic carbocycles. The number of amides is 1. The van der Waals surface area contributed by atoms with E-state index in [0.717, 1.165) is 5.56 Å². The number of nitrogens with one attached hydrogen (secondary N) is 1. The van der Waals surface area contributed by atoms with Gasteiger partial charge in [-0.15, -0.1) is 0 Å². The predicted molar refractivity (Wildman–Crippen MR) is 120 cm³/mol. The van der Waals surface area contributed by atoms with E-state index in [9.17, 15) is 24.8 Å². The number of nitro benzene ring substituents is 1. The van der Waals surface area contributed by atoms with Crippen LogP contribution in [0.5, 0.6) is 0 Å². The molecule has 0 bridgehead atoms. The summed E-state index contributed by atoms with van der Waals surface area (Å²) in [5.41, 5.74) is 6.12. The van der Waals surface area contributed by atoms with Crippen LogP contribution < -0.4 is 11.1 Å². The number of carboxylic acids is 1. The maximum Gasteiger partial charge on any atom is 0.469 e. The minimum Gasteiger partial charge on any atom is -0.480 e. The Hall–Kier alpha value is -3.28. The summed E-state index contributed by atoms with van der Waals surface area (Å²) in [6.07, 6.45) is 0.798. The molecule has 0 fully saturated rings. The fraction of sp³-hybridized carbons (Fsp3) is 0.333. The van der Waals surface area contributed by atoms with E-state index < -0.39 is 35.9 Å². The third-order valence-electron chi connectivity index (χ3n) is 4.35. The summed E-state index contributed by atoms with van der Waals surface area (Å²) in [5.74, 6) is -1.82. The van der Waals surface area contributed by atoms with E-state index in [1.54, 1.807) is 24.3 Å². The molecule has 0 aliphatic rings. The van der Waals surface area contributed by atoms with Crippen LogP contribution in [-0.4, -0.2) is 51.1 Å². The highest BCUT2D eigenvalue weighted by Crippen LogP contribution is 2.12. The van der Waals surface area contributed by atoms with Crippen molar-refractivity contribution >= 4 is 24.7 Å². The molecule has 6 N–H and O–H groups in total. The van der Waals surface area contributed by atoms with Crippen molar-refractivity contribution in [2.75, 3.05) is 0 Å². The molecule has 0 saturated heterocycles. The molecular weight excluding hydrogens is 417 g/mol. The highest BCUT2D eigenvalue weighted by Gasteiger charge is 2.21. The number of aliphatic carboxylic acids is 1. The summed E-state index contributed by atoms with van der Waals surface area (Å²) in [6.45, 7) is 3.98. The lowest BCUT2D eigenvalue weighted by atomic mass is 9.76. The Bertz CT molecular complexity index is 877. The lowest BCUT2D eigenvalue weighted by Gasteiger charge is -2.14. The number of hydrogen-bond donors (Lipinski definition) is 5. The van der Waals surface area contributed by atoms with Crippen LogP contribution in [-0.2, 0) is 11.2 Å². The number of hydrogen-bond acceptors (Lipinski definition) is 7. The van der Waals surface area contributed by atoms with Crippen LogP contribution >= 0.6 is 0 Å². The van der Waals surface area contributed by atoms with Gasteiger partial charge in [-0.3, -0.25) is 14.9 Å². The molecule has 0 spiro atoms. The Morgan fingerprint density at radius 3 is 2.06 bits per heavy atom. The molecule has 0 aliphatic heterocycles. The van der Waals surface area contributed by atoms with Crippen molar-refractivity contribution in [2.24, 2.45) is 11.7 Å². The van der Waals surface area contributed by atoms with E-state index in [4.69, 9.17) is 15.8 Å². The highest BCUT2D eigenvalue weighted by atomic mass is 16.6. The first kappa shape index (κ1) is 26.8. The number of non-ortho nitro benzene ring substituents is 1. The van der Waals surface area contributed by atoms with Crippen molar-refractivity contribution in [2.45, 2.75) is 38.7 Å². The number of nitrogens with zero attached hydrogens (tertiary/aromatic N) is 1. The lowest BCUT2D eigenvalue weighted by Crippen LogP contribution is -2.42. The lowest BCUT2D eigenvalue weighted by molar-refractivity contribution is -0.384. The second-order valence-electron chi connectivity index (χ2n) is 7.57. The number of carbonyl (C=O) groups is 2. The Balaban J connectivity index is 0.000000482. The standard InChI is InChI=1S/C16H14N2O5.C5H14BNO2/c19-15(12-6-8-13(9-7-12)18(22)23)17-14(16(20)21)10-11-4-2-1-3-5-11;1-4(2)3-5(7)6(8)9/h1-9,14H,10H2,(H,17,19)(H,20,21);4-5,8-9H,3,7H2,1-2H3/t14-;5-/m00/s1. The third kappa shape index (κ3) is 9.69. The summed E-state index contributed by atoms with van der Waals surface area (Å²) >= 11 is 0. The highest BCUT2D eigenvalue weighted by molar-refractivity contribution is 6.43. The summed E-state index contributed by atoms with van der Waals surface area (Å²) in [4.78, 5) is 33.4. The van der Waals surface area contributed by atoms with Crippen LogP contribution in [0.15, 0.2) is 54.6 Å². The molecule has 10 nitrogen and oxygen atoms in total.